The fraction of sp³-hybridized carbons (Fsp3) is 0.231. The van der Waals surface area contributed by atoms with Crippen LogP contribution in [0.4, 0.5) is 0 Å². The molecule has 0 saturated heterocycles. The van der Waals surface area contributed by atoms with Gasteiger partial charge in [0.1, 0.15) is 0 Å². The molecule has 0 radical (unpaired) electrons. The van der Waals surface area contributed by atoms with E-state index in [0.29, 0.717) is 5.92 Å². The van der Waals surface area contributed by atoms with E-state index in [0.717, 1.165) is 17.0 Å². The van der Waals surface area contributed by atoms with Crippen LogP contribution in [-0.4, -0.2) is 9.97 Å². The number of aromatic nitrogens is 2. The normalized spacial score (nSPS) is 15.0. The summed E-state index contributed by atoms with van der Waals surface area (Å²) in [6.07, 6.45) is 2.35. The van der Waals surface area contributed by atoms with Crippen molar-refractivity contribution in [1.29, 1.82) is 0 Å². The van der Waals surface area contributed by atoms with Gasteiger partial charge in [-0.15, -0.1) is 0 Å². The third-order valence-corrected chi connectivity index (χ3v) is 2.85. The summed E-state index contributed by atoms with van der Waals surface area (Å²) >= 11 is 0. The van der Waals surface area contributed by atoms with Crippen LogP contribution in [0.1, 0.15) is 24.5 Å². The Bertz CT molecular complexity index is 556. The molecule has 0 spiro atoms. The molecule has 1 heterocycles. The molecule has 1 aliphatic carbocycles. The van der Waals surface area contributed by atoms with Gasteiger partial charge >= 0.3 is 5.69 Å². The van der Waals surface area contributed by atoms with Crippen molar-refractivity contribution in [2.75, 3.05) is 0 Å². The van der Waals surface area contributed by atoms with Gasteiger partial charge < -0.3 is 4.98 Å². The zero-order chi connectivity index (χ0) is 11.0. The van der Waals surface area contributed by atoms with Crippen molar-refractivity contribution in [3.63, 3.8) is 0 Å². The second-order valence-corrected chi connectivity index (χ2v) is 4.17. The number of hydrogen-bond acceptors (Lipinski definition) is 2. The minimum atomic E-state index is -0.247. The standard InChI is InChI=1S/C13H12N2O/c16-13-14-11(9-4-2-1-3-5-9)8-12(15-13)10-6-7-10/h1-5,8,10H,6-7H2,(H,14,15,16). The molecule has 3 rings (SSSR count). The highest BCUT2D eigenvalue weighted by atomic mass is 16.1. The molecular formula is C13H12N2O. The molecule has 0 aliphatic heterocycles. The van der Waals surface area contributed by atoms with Crippen molar-refractivity contribution in [3.05, 3.63) is 52.6 Å². The van der Waals surface area contributed by atoms with E-state index >= 15 is 0 Å². The van der Waals surface area contributed by atoms with Gasteiger partial charge in [-0.3, -0.25) is 0 Å². The number of nitrogens with zero attached hydrogens (tertiary/aromatic N) is 1. The Kier molecular flexibility index (Phi) is 2.10. The Balaban J connectivity index is 2.10. The molecule has 3 nitrogen and oxygen atoms in total. The summed E-state index contributed by atoms with van der Waals surface area (Å²) in [6, 6.07) is 11.8. The molecule has 1 aliphatic rings. The van der Waals surface area contributed by atoms with Crippen LogP contribution in [0, 0.1) is 0 Å². The summed E-state index contributed by atoms with van der Waals surface area (Å²) in [5, 5.41) is 0. The monoisotopic (exact) mass is 212 g/mol. The minimum Gasteiger partial charge on any atom is -0.309 e. The zero-order valence-corrected chi connectivity index (χ0v) is 8.81. The molecule has 0 amide bonds. The fourth-order valence-electron chi connectivity index (χ4n) is 1.85. The lowest BCUT2D eigenvalue weighted by Gasteiger charge is -2.02. The second-order valence-electron chi connectivity index (χ2n) is 4.17. The van der Waals surface area contributed by atoms with E-state index in [2.05, 4.69) is 9.97 Å². The smallest absolute Gasteiger partial charge is 0.309 e. The number of benzene rings is 1. The topological polar surface area (TPSA) is 45.8 Å². The van der Waals surface area contributed by atoms with Gasteiger partial charge in [0.05, 0.1) is 5.69 Å². The Hall–Kier alpha value is -1.90. The lowest BCUT2D eigenvalue weighted by atomic mass is 10.1. The first-order valence-electron chi connectivity index (χ1n) is 5.49. The van der Waals surface area contributed by atoms with Crippen LogP contribution in [0.5, 0.6) is 0 Å². The predicted molar refractivity (Wildman–Crippen MR) is 62.3 cm³/mol. The number of H-pyrrole nitrogens is 1. The predicted octanol–water partition coefficient (Wildman–Crippen LogP) is 2.31. The van der Waals surface area contributed by atoms with Crippen LogP contribution < -0.4 is 5.69 Å². The average molecular weight is 212 g/mol. The van der Waals surface area contributed by atoms with Gasteiger partial charge in [-0.05, 0) is 24.8 Å². The first-order chi connectivity index (χ1) is 7.83. The first-order valence-corrected chi connectivity index (χ1v) is 5.49. The number of hydrogen-bond donors (Lipinski definition) is 1. The van der Waals surface area contributed by atoms with Gasteiger partial charge in [0.2, 0.25) is 0 Å². The lowest BCUT2D eigenvalue weighted by Crippen LogP contribution is -2.13. The fourth-order valence-corrected chi connectivity index (χ4v) is 1.85. The van der Waals surface area contributed by atoms with E-state index in [1.54, 1.807) is 0 Å². The second kappa shape index (κ2) is 3.59. The van der Waals surface area contributed by atoms with Gasteiger partial charge in [0, 0.05) is 11.3 Å². The van der Waals surface area contributed by atoms with Gasteiger partial charge in [0.15, 0.2) is 0 Å². The summed E-state index contributed by atoms with van der Waals surface area (Å²) < 4.78 is 0. The molecule has 1 aromatic carbocycles. The van der Waals surface area contributed by atoms with E-state index in [4.69, 9.17) is 0 Å². The van der Waals surface area contributed by atoms with Crippen molar-refractivity contribution < 1.29 is 0 Å². The van der Waals surface area contributed by atoms with Crippen LogP contribution in [0.15, 0.2) is 41.2 Å². The highest BCUT2D eigenvalue weighted by Crippen LogP contribution is 2.39. The molecule has 1 fully saturated rings. The summed E-state index contributed by atoms with van der Waals surface area (Å²) in [5.41, 5.74) is 2.55. The van der Waals surface area contributed by atoms with Crippen molar-refractivity contribution in [2.24, 2.45) is 0 Å². The summed E-state index contributed by atoms with van der Waals surface area (Å²) in [5.74, 6) is 0.540. The van der Waals surface area contributed by atoms with Crippen molar-refractivity contribution in [1.82, 2.24) is 9.97 Å². The molecule has 80 valence electrons. The summed E-state index contributed by atoms with van der Waals surface area (Å²) in [7, 11) is 0. The molecule has 0 unspecified atom stereocenters. The van der Waals surface area contributed by atoms with Crippen molar-refractivity contribution in [3.8, 4) is 11.3 Å². The number of rotatable bonds is 2. The SMILES string of the molecule is O=c1nc(-c2ccccc2)cc(C2CC2)[nH]1. The summed E-state index contributed by atoms with van der Waals surface area (Å²) in [4.78, 5) is 18.3. The maximum absolute atomic E-state index is 11.4. The third-order valence-electron chi connectivity index (χ3n) is 2.85. The molecule has 0 bridgehead atoms. The number of aromatic amines is 1. The Labute approximate surface area is 93.2 Å². The molecule has 0 atom stereocenters. The highest BCUT2D eigenvalue weighted by molar-refractivity contribution is 5.58. The molecule has 2 aromatic rings. The van der Waals surface area contributed by atoms with Gasteiger partial charge in [-0.1, -0.05) is 30.3 Å². The van der Waals surface area contributed by atoms with E-state index in [1.807, 2.05) is 36.4 Å². The quantitative estimate of drug-likeness (QED) is 0.830. The van der Waals surface area contributed by atoms with Crippen molar-refractivity contribution in [2.45, 2.75) is 18.8 Å². The Morgan fingerprint density at radius 3 is 2.62 bits per heavy atom. The van der Waals surface area contributed by atoms with Crippen LogP contribution in [0.2, 0.25) is 0 Å². The van der Waals surface area contributed by atoms with Crippen LogP contribution in [0.3, 0.4) is 0 Å². The van der Waals surface area contributed by atoms with Gasteiger partial charge in [-0.25, -0.2) is 4.79 Å². The molecule has 1 N–H and O–H groups in total. The largest absolute Gasteiger partial charge is 0.345 e. The molecule has 16 heavy (non-hydrogen) atoms. The molecule has 1 saturated carbocycles. The maximum Gasteiger partial charge on any atom is 0.345 e. The number of nitrogens with one attached hydrogen (secondary N) is 1. The van der Waals surface area contributed by atoms with Crippen molar-refractivity contribution >= 4 is 0 Å². The van der Waals surface area contributed by atoms with Crippen LogP contribution in [0.25, 0.3) is 11.3 Å². The third kappa shape index (κ3) is 1.76. The molecule has 3 heteroatoms. The summed E-state index contributed by atoms with van der Waals surface area (Å²) in [6.45, 7) is 0. The highest BCUT2D eigenvalue weighted by Gasteiger charge is 2.25. The maximum atomic E-state index is 11.4. The molecular weight excluding hydrogens is 200 g/mol. The zero-order valence-electron chi connectivity index (χ0n) is 8.81. The van der Waals surface area contributed by atoms with E-state index in [9.17, 15) is 4.79 Å². The van der Waals surface area contributed by atoms with Crippen LogP contribution >= 0.6 is 0 Å². The lowest BCUT2D eigenvalue weighted by molar-refractivity contribution is 0.951. The van der Waals surface area contributed by atoms with E-state index in [-0.39, 0.29) is 5.69 Å². The van der Waals surface area contributed by atoms with Crippen LogP contribution in [-0.2, 0) is 0 Å². The molecule has 1 aromatic heterocycles. The average Bonchev–Trinajstić information content (AvgIpc) is 3.13. The van der Waals surface area contributed by atoms with Gasteiger partial charge in [-0.2, -0.15) is 4.98 Å². The Morgan fingerprint density at radius 2 is 1.94 bits per heavy atom. The first kappa shape index (κ1) is 9.33. The van der Waals surface area contributed by atoms with Gasteiger partial charge in [0.25, 0.3) is 0 Å². The van der Waals surface area contributed by atoms with E-state index < -0.39 is 0 Å². The van der Waals surface area contributed by atoms with E-state index in [1.165, 1.54) is 12.8 Å². The minimum absolute atomic E-state index is 0.247. The Morgan fingerprint density at radius 1 is 1.19 bits per heavy atom.